The van der Waals surface area contributed by atoms with Gasteiger partial charge in [0.2, 0.25) is 0 Å². The first-order valence-corrected chi connectivity index (χ1v) is 21.4. The fourth-order valence-electron chi connectivity index (χ4n) is 7.94. The molecule has 0 fully saturated rings. The monoisotopic (exact) mass is 917 g/mol. The highest BCUT2D eigenvalue weighted by molar-refractivity contribution is 6.35. The molecule has 0 aliphatic carbocycles. The number of hydrogen-bond donors (Lipinski definition) is 0. The summed E-state index contributed by atoms with van der Waals surface area (Å²) in [7, 11) is 9.97. The van der Waals surface area contributed by atoms with E-state index in [4.69, 9.17) is 46.4 Å². The molecule has 0 saturated carbocycles. The van der Waals surface area contributed by atoms with Gasteiger partial charge >= 0.3 is 6.18 Å². The molecule has 6 aromatic rings. The Kier molecular flexibility index (Phi) is 15.0. The molecule has 0 bridgehead atoms. The van der Waals surface area contributed by atoms with Gasteiger partial charge in [-0.15, -0.1) is 0 Å². The molecular weight excluding hydrogens is 871 g/mol. The Morgan fingerprint density at radius 2 is 1.16 bits per heavy atom. The largest absolute Gasteiger partial charge is 0.417 e. The third-order valence-electron chi connectivity index (χ3n) is 11.3. The number of fused-ring (bicyclic) bond motifs is 5. The SMILES string of the molecule is CN1CCCc2cc(F)ccc21.CN1CCc2c1ccc(C(F)(F)F)c2Cl.CN1CCc2cc(F)c(Cl)cc21.CN1CCc2ccc(Cl)cc21.Cn1ccc2cccc(Cl)c21. The number of benzene rings is 5. The minimum absolute atomic E-state index is 0.121. The predicted octanol–water partition coefficient (Wildman–Crippen LogP) is 13.2. The topological polar surface area (TPSA) is 17.9 Å². The van der Waals surface area contributed by atoms with E-state index < -0.39 is 11.7 Å². The number of para-hydroxylation sites is 1. The van der Waals surface area contributed by atoms with E-state index in [9.17, 15) is 22.0 Å². The second-order valence-corrected chi connectivity index (χ2v) is 17.1. The first-order chi connectivity index (χ1) is 28.9. The van der Waals surface area contributed by atoms with Gasteiger partial charge in [0.15, 0.2) is 0 Å². The molecule has 1 aromatic heterocycles. The highest BCUT2D eigenvalue weighted by atomic mass is 35.5. The summed E-state index contributed by atoms with van der Waals surface area (Å²) >= 11 is 23.3. The lowest BCUT2D eigenvalue weighted by Crippen LogP contribution is -2.24. The van der Waals surface area contributed by atoms with Crippen LogP contribution in [0, 0.1) is 11.6 Å². The van der Waals surface area contributed by atoms with Gasteiger partial charge in [-0.2, -0.15) is 13.2 Å². The number of halogens is 9. The summed E-state index contributed by atoms with van der Waals surface area (Å²) in [5.74, 6) is -0.435. The molecule has 5 heterocycles. The molecule has 4 aliphatic rings. The standard InChI is InChI=1S/C10H9ClF3N.C10H12FN.C9H9ClFN.C9H10ClN.C9H8ClN/c1-15-5-4-6-8(15)3-2-7(9(6)11)10(12,13)14;1-12-6-2-3-8-7-9(11)4-5-10(8)12;1-12-3-2-6-4-8(11)7(10)5-9(6)12;1-11-5-4-7-2-3-8(10)6-9(7)11;1-11-6-5-7-3-2-4-8(10)9(7)11/h2-3H,4-5H2,1H3;4-5,7H,2-3,6H2,1H3;4-5H,2-3H2,1H3;2-3,6H,4-5H2,1H3;2-6H,1H3. The number of anilines is 4. The zero-order valence-corrected chi connectivity index (χ0v) is 37.7. The summed E-state index contributed by atoms with van der Waals surface area (Å²) < 4.78 is 65.3. The molecule has 0 atom stereocenters. The van der Waals surface area contributed by atoms with Crippen LogP contribution in [-0.2, 0) is 38.9 Å². The molecule has 0 amide bonds. The van der Waals surface area contributed by atoms with Crippen molar-refractivity contribution in [1.29, 1.82) is 0 Å². The number of rotatable bonds is 0. The molecule has 5 nitrogen and oxygen atoms in total. The van der Waals surface area contributed by atoms with Gasteiger partial charge in [0, 0.05) is 101 Å². The fourth-order valence-corrected chi connectivity index (χ4v) is 8.94. The van der Waals surface area contributed by atoms with Gasteiger partial charge in [0.05, 0.1) is 26.1 Å². The normalized spacial score (nSPS) is 14.7. The molecule has 61 heavy (non-hydrogen) atoms. The van der Waals surface area contributed by atoms with Crippen molar-refractivity contribution in [3.8, 4) is 0 Å². The number of nitrogens with zero attached hydrogens (tertiary/aromatic N) is 5. The van der Waals surface area contributed by atoms with E-state index in [0.717, 1.165) is 96.0 Å². The lowest BCUT2D eigenvalue weighted by atomic mass is 10.0. The van der Waals surface area contributed by atoms with Crippen molar-refractivity contribution >= 4 is 80.1 Å². The van der Waals surface area contributed by atoms with Crippen LogP contribution in [0.4, 0.5) is 44.7 Å². The Morgan fingerprint density at radius 3 is 1.87 bits per heavy atom. The Labute approximate surface area is 374 Å². The third-order valence-corrected chi connectivity index (χ3v) is 12.6. The summed E-state index contributed by atoms with van der Waals surface area (Å²) in [5, 5.41) is 2.90. The smallest absolute Gasteiger partial charge is 0.374 e. The minimum Gasteiger partial charge on any atom is -0.374 e. The van der Waals surface area contributed by atoms with E-state index in [0.29, 0.717) is 12.0 Å². The van der Waals surface area contributed by atoms with Gasteiger partial charge in [-0.1, -0.05) is 64.6 Å². The van der Waals surface area contributed by atoms with Gasteiger partial charge in [-0.3, -0.25) is 0 Å². The number of aromatic nitrogens is 1. The van der Waals surface area contributed by atoms with Crippen molar-refractivity contribution < 1.29 is 22.0 Å². The molecule has 14 heteroatoms. The maximum atomic E-state index is 13.0. The van der Waals surface area contributed by atoms with Crippen LogP contribution in [0.25, 0.3) is 10.9 Å². The Bertz CT molecular complexity index is 2490. The molecule has 0 radical (unpaired) electrons. The minimum atomic E-state index is -4.37. The second-order valence-electron chi connectivity index (χ2n) is 15.5. The highest BCUT2D eigenvalue weighted by Gasteiger charge is 2.35. The van der Waals surface area contributed by atoms with Crippen LogP contribution in [0.15, 0.2) is 91.1 Å². The summed E-state index contributed by atoms with van der Waals surface area (Å²) in [4.78, 5) is 8.40. The Hall–Kier alpha value is -4.35. The van der Waals surface area contributed by atoms with E-state index in [2.05, 4.69) is 47.0 Å². The van der Waals surface area contributed by atoms with Crippen molar-refractivity contribution in [2.45, 2.75) is 38.3 Å². The molecule has 0 saturated heterocycles. The number of likely N-dealkylation sites (N-methyl/N-ethyl adjacent to an activating group) is 3. The van der Waals surface area contributed by atoms with Crippen LogP contribution in [0.1, 0.15) is 34.2 Å². The van der Waals surface area contributed by atoms with Gasteiger partial charge in [-0.25, -0.2) is 8.78 Å². The van der Waals surface area contributed by atoms with Gasteiger partial charge in [0.25, 0.3) is 0 Å². The lowest BCUT2D eigenvalue weighted by molar-refractivity contribution is -0.137. The summed E-state index contributed by atoms with van der Waals surface area (Å²) in [6.45, 7) is 3.87. The van der Waals surface area contributed by atoms with Gasteiger partial charge in [0.1, 0.15) is 11.6 Å². The van der Waals surface area contributed by atoms with Gasteiger partial charge in [-0.05, 0) is 121 Å². The molecule has 5 aromatic carbocycles. The summed E-state index contributed by atoms with van der Waals surface area (Å²) in [5.41, 5.74) is 8.91. The van der Waals surface area contributed by atoms with E-state index in [-0.39, 0.29) is 21.7 Å². The van der Waals surface area contributed by atoms with E-state index in [1.807, 2.05) is 67.1 Å². The van der Waals surface area contributed by atoms with E-state index in [1.54, 1.807) is 12.1 Å². The number of aryl methyl sites for hydroxylation is 2. The zero-order valence-electron chi connectivity index (χ0n) is 34.7. The van der Waals surface area contributed by atoms with Gasteiger partial charge < -0.3 is 24.2 Å². The van der Waals surface area contributed by atoms with Crippen molar-refractivity contribution in [1.82, 2.24) is 4.57 Å². The molecule has 0 N–H and O–H groups in total. The molecule has 10 rings (SSSR count). The summed E-state index contributed by atoms with van der Waals surface area (Å²) in [6, 6.07) is 24.9. The number of hydrogen-bond acceptors (Lipinski definition) is 4. The van der Waals surface area contributed by atoms with Crippen molar-refractivity contribution in [3.63, 3.8) is 0 Å². The maximum absolute atomic E-state index is 13.0. The maximum Gasteiger partial charge on any atom is 0.417 e. The molecule has 0 unspecified atom stereocenters. The first kappa shape index (κ1) is 46.2. The first-order valence-electron chi connectivity index (χ1n) is 19.9. The zero-order chi connectivity index (χ0) is 44.2. The van der Waals surface area contributed by atoms with E-state index in [1.165, 1.54) is 40.5 Å². The molecular formula is C47H48Cl4F5N5. The van der Waals surface area contributed by atoms with Crippen molar-refractivity contribution in [2.24, 2.45) is 7.05 Å². The van der Waals surface area contributed by atoms with Crippen LogP contribution in [0.3, 0.4) is 0 Å². The quantitative estimate of drug-likeness (QED) is 0.141. The third kappa shape index (κ3) is 11.0. The van der Waals surface area contributed by atoms with Crippen LogP contribution in [-0.4, -0.2) is 58.9 Å². The van der Waals surface area contributed by atoms with Crippen LogP contribution >= 0.6 is 46.4 Å². The highest BCUT2D eigenvalue weighted by Crippen LogP contribution is 2.42. The molecule has 0 spiro atoms. The molecule has 4 aliphatic heterocycles. The van der Waals surface area contributed by atoms with Crippen molar-refractivity contribution in [3.05, 3.63) is 151 Å². The average molecular weight is 920 g/mol. The molecule has 324 valence electrons. The predicted molar refractivity (Wildman–Crippen MR) is 246 cm³/mol. The van der Waals surface area contributed by atoms with E-state index >= 15 is 0 Å². The Balaban J connectivity index is 0.000000128. The number of alkyl halides is 3. The lowest BCUT2D eigenvalue weighted by Gasteiger charge is -2.27. The average Bonchev–Trinajstić information content (AvgIpc) is 3.99. The van der Waals surface area contributed by atoms with Crippen molar-refractivity contribution in [2.75, 3.05) is 74.0 Å². The fraction of sp³-hybridized carbons (Fsp3) is 0.319. The van der Waals surface area contributed by atoms with Crippen LogP contribution in [0.2, 0.25) is 20.1 Å². The second kappa shape index (κ2) is 19.8. The van der Waals surface area contributed by atoms with Crippen LogP contribution < -0.4 is 19.6 Å². The van der Waals surface area contributed by atoms with Crippen LogP contribution in [0.5, 0.6) is 0 Å². The Morgan fingerprint density at radius 1 is 0.541 bits per heavy atom. The summed E-state index contributed by atoms with van der Waals surface area (Å²) in [6.07, 6.45) is 2.44.